The minimum atomic E-state index is -0.457. The highest BCUT2D eigenvalue weighted by Crippen LogP contribution is 2.24. The van der Waals surface area contributed by atoms with Crippen molar-refractivity contribution in [2.45, 2.75) is 19.3 Å². The van der Waals surface area contributed by atoms with Crippen molar-refractivity contribution in [2.24, 2.45) is 5.73 Å². The molecule has 100 valence electrons. The fraction of sp³-hybridized carbons (Fsp3) is 0.333. The highest BCUT2D eigenvalue weighted by molar-refractivity contribution is 5.58. The molecule has 1 aromatic carbocycles. The molecule has 2 N–H and O–H groups in total. The number of non-ortho nitro benzene ring substituents is 1. The van der Waals surface area contributed by atoms with E-state index in [-0.39, 0.29) is 11.6 Å². The predicted molar refractivity (Wildman–Crippen MR) is 68.5 cm³/mol. The molecule has 7 nitrogen and oxygen atoms in total. The summed E-state index contributed by atoms with van der Waals surface area (Å²) in [4.78, 5) is 14.5. The van der Waals surface area contributed by atoms with E-state index < -0.39 is 4.92 Å². The van der Waals surface area contributed by atoms with Crippen molar-refractivity contribution in [3.05, 3.63) is 40.3 Å². The molecule has 1 unspecified atom stereocenters. The quantitative estimate of drug-likeness (QED) is 0.652. The number of nitrogens with two attached hydrogens (primary N) is 1. The van der Waals surface area contributed by atoms with Gasteiger partial charge in [0.15, 0.2) is 0 Å². The Hall–Kier alpha value is -2.28. The minimum absolute atomic E-state index is 0.00106. The number of nitro groups is 1. The van der Waals surface area contributed by atoms with Gasteiger partial charge in [-0.05, 0) is 13.0 Å². The van der Waals surface area contributed by atoms with Crippen molar-refractivity contribution in [1.29, 1.82) is 0 Å². The highest BCUT2D eigenvalue weighted by atomic mass is 16.6. The molecule has 0 radical (unpaired) electrons. The Bertz CT molecular complexity index is 582. The normalized spacial score (nSPS) is 12.3. The van der Waals surface area contributed by atoms with Crippen molar-refractivity contribution in [3.8, 4) is 11.4 Å². The standard InChI is InChI=1S/C12H14N4O3/c1-8(5-6-13)12-14-11(15-19-12)9-3-2-4-10(7-9)16(17)18/h2-4,7-8H,5-6,13H2,1H3. The van der Waals surface area contributed by atoms with Crippen LogP contribution in [0.25, 0.3) is 11.4 Å². The van der Waals surface area contributed by atoms with Gasteiger partial charge in [0, 0.05) is 23.6 Å². The lowest BCUT2D eigenvalue weighted by Crippen LogP contribution is -2.04. The van der Waals surface area contributed by atoms with Crippen LogP contribution in [-0.2, 0) is 0 Å². The number of benzene rings is 1. The van der Waals surface area contributed by atoms with E-state index in [0.29, 0.717) is 23.8 Å². The van der Waals surface area contributed by atoms with Gasteiger partial charge in [-0.3, -0.25) is 10.1 Å². The Morgan fingerprint density at radius 2 is 2.32 bits per heavy atom. The molecule has 0 aliphatic rings. The third-order valence-corrected chi connectivity index (χ3v) is 2.78. The molecule has 0 saturated carbocycles. The molecule has 2 rings (SSSR count). The van der Waals surface area contributed by atoms with Crippen molar-refractivity contribution >= 4 is 5.69 Å². The maximum atomic E-state index is 10.7. The molecule has 0 aliphatic carbocycles. The van der Waals surface area contributed by atoms with Gasteiger partial charge >= 0.3 is 0 Å². The van der Waals surface area contributed by atoms with Crippen LogP contribution in [0, 0.1) is 10.1 Å². The molecule has 19 heavy (non-hydrogen) atoms. The van der Waals surface area contributed by atoms with Crippen molar-refractivity contribution in [3.63, 3.8) is 0 Å². The Morgan fingerprint density at radius 3 is 3.00 bits per heavy atom. The predicted octanol–water partition coefficient (Wildman–Crippen LogP) is 2.10. The molecule has 0 fully saturated rings. The van der Waals surface area contributed by atoms with Crippen LogP contribution in [0.1, 0.15) is 25.2 Å². The van der Waals surface area contributed by atoms with Crippen LogP contribution in [0.3, 0.4) is 0 Å². The summed E-state index contributed by atoms with van der Waals surface area (Å²) in [5.74, 6) is 0.916. The van der Waals surface area contributed by atoms with Gasteiger partial charge in [0.2, 0.25) is 11.7 Å². The number of hydrogen-bond acceptors (Lipinski definition) is 6. The van der Waals surface area contributed by atoms with Crippen LogP contribution in [-0.4, -0.2) is 21.6 Å². The first-order valence-electron chi connectivity index (χ1n) is 5.90. The topological polar surface area (TPSA) is 108 Å². The molecule has 7 heteroatoms. The third kappa shape index (κ3) is 2.94. The fourth-order valence-electron chi connectivity index (χ4n) is 1.68. The van der Waals surface area contributed by atoms with E-state index in [4.69, 9.17) is 10.3 Å². The SMILES string of the molecule is CC(CCN)c1nc(-c2cccc([N+](=O)[O-])c2)no1. The second kappa shape index (κ2) is 5.57. The van der Waals surface area contributed by atoms with Gasteiger partial charge in [-0.15, -0.1) is 0 Å². The number of aromatic nitrogens is 2. The second-order valence-electron chi connectivity index (χ2n) is 4.24. The maximum absolute atomic E-state index is 10.7. The van der Waals surface area contributed by atoms with Crippen LogP contribution < -0.4 is 5.73 Å². The van der Waals surface area contributed by atoms with E-state index in [1.165, 1.54) is 12.1 Å². The molecule has 2 aromatic rings. The van der Waals surface area contributed by atoms with Gasteiger partial charge in [-0.1, -0.05) is 24.2 Å². The van der Waals surface area contributed by atoms with E-state index in [1.54, 1.807) is 12.1 Å². The van der Waals surface area contributed by atoms with Crippen LogP contribution >= 0.6 is 0 Å². The number of hydrogen-bond donors (Lipinski definition) is 1. The zero-order valence-corrected chi connectivity index (χ0v) is 10.4. The first kappa shape index (κ1) is 13.2. The summed E-state index contributed by atoms with van der Waals surface area (Å²) in [6.07, 6.45) is 0.747. The minimum Gasteiger partial charge on any atom is -0.339 e. The lowest BCUT2D eigenvalue weighted by molar-refractivity contribution is -0.384. The van der Waals surface area contributed by atoms with Crippen molar-refractivity contribution < 1.29 is 9.45 Å². The molecule has 1 atom stereocenters. The largest absolute Gasteiger partial charge is 0.339 e. The molecule has 0 amide bonds. The second-order valence-corrected chi connectivity index (χ2v) is 4.24. The summed E-state index contributed by atoms with van der Waals surface area (Å²) in [7, 11) is 0. The van der Waals surface area contributed by atoms with Gasteiger partial charge < -0.3 is 10.3 Å². The summed E-state index contributed by atoms with van der Waals surface area (Å²) in [5.41, 5.74) is 6.03. The van der Waals surface area contributed by atoms with E-state index >= 15 is 0 Å². The smallest absolute Gasteiger partial charge is 0.270 e. The molecule has 0 spiro atoms. The van der Waals surface area contributed by atoms with Crippen molar-refractivity contribution in [2.75, 3.05) is 6.54 Å². The fourth-order valence-corrected chi connectivity index (χ4v) is 1.68. The summed E-state index contributed by atoms with van der Waals surface area (Å²) in [6, 6.07) is 6.13. The molecule has 0 aliphatic heterocycles. The Labute approximate surface area is 109 Å². The average molecular weight is 262 g/mol. The first-order valence-corrected chi connectivity index (χ1v) is 5.90. The van der Waals surface area contributed by atoms with Gasteiger partial charge in [0.25, 0.3) is 5.69 Å². The Kier molecular flexibility index (Phi) is 3.86. The first-order chi connectivity index (χ1) is 9.11. The number of nitro benzene ring substituents is 1. The summed E-state index contributed by atoms with van der Waals surface area (Å²) in [6.45, 7) is 2.48. The van der Waals surface area contributed by atoms with Crippen LogP contribution in [0.4, 0.5) is 5.69 Å². The number of nitrogens with zero attached hydrogens (tertiary/aromatic N) is 3. The summed E-state index contributed by atoms with van der Waals surface area (Å²) >= 11 is 0. The Balaban J connectivity index is 2.27. The zero-order valence-electron chi connectivity index (χ0n) is 10.4. The third-order valence-electron chi connectivity index (χ3n) is 2.78. The maximum Gasteiger partial charge on any atom is 0.270 e. The van der Waals surface area contributed by atoms with E-state index in [1.807, 2.05) is 6.92 Å². The molecule has 1 aromatic heterocycles. The summed E-state index contributed by atoms with van der Waals surface area (Å²) < 4.78 is 5.15. The van der Waals surface area contributed by atoms with Gasteiger partial charge in [-0.25, -0.2) is 0 Å². The van der Waals surface area contributed by atoms with Crippen molar-refractivity contribution in [1.82, 2.24) is 10.1 Å². The monoisotopic (exact) mass is 262 g/mol. The lowest BCUT2D eigenvalue weighted by atomic mass is 10.1. The average Bonchev–Trinajstić information content (AvgIpc) is 2.89. The number of rotatable bonds is 5. The van der Waals surface area contributed by atoms with Gasteiger partial charge in [0.1, 0.15) is 0 Å². The lowest BCUT2D eigenvalue weighted by Gasteiger charge is -2.01. The molecular weight excluding hydrogens is 248 g/mol. The molecule has 1 heterocycles. The zero-order chi connectivity index (χ0) is 13.8. The molecular formula is C12H14N4O3. The Morgan fingerprint density at radius 1 is 1.53 bits per heavy atom. The molecule has 0 bridgehead atoms. The van der Waals surface area contributed by atoms with E-state index in [2.05, 4.69) is 10.1 Å². The van der Waals surface area contributed by atoms with Gasteiger partial charge in [0.05, 0.1) is 4.92 Å². The van der Waals surface area contributed by atoms with E-state index in [9.17, 15) is 10.1 Å². The molecule has 0 saturated heterocycles. The highest BCUT2D eigenvalue weighted by Gasteiger charge is 2.16. The van der Waals surface area contributed by atoms with Crippen LogP contribution in [0.2, 0.25) is 0 Å². The summed E-state index contributed by atoms with van der Waals surface area (Å²) in [5, 5.41) is 14.6. The van der Waals surface area contributed by atoms with Gasteiger partial charge in [-0.2, -0.15) is 4.98 Å². The van der Waals surface area contributed by atoms with Crippen LogP contribution in [0.5, 0.6) is 0 Å². The van der Waals surface area contributed by atoms with Crippen LogP contribution in [0.15, 0.2) is 28.8 Å². The van der Waals surface area contributed by atoms with E-state index in [0.717, 1.165) is 6.42 Å².